The molecule has 0 saturated heterocycles. The minimum Gasteiger partial charge on any atom is -0.378 e. The van der Waals surface area contributed by atoms with Crippen molar-refractivity contribution >= 4 is 11.6 Å². The fourth-order valence-electron chi connectivity index (χ4n) is 3.46. The fraction of sp³-hybridized carbons (Fsp3) is 0.647. The third kappa shape index (κ3) is 2.68. The van der Waals surface area contributed by atoms with Crippen molar-refractivity contribution in [1.29, 1.82) is 0 Å². The Labute approximate surface area is 121 Å². The molecule has 0 heterocycles. The third-order valence-electron chi connectivity index (χ3n) is 4.98. The van der Waals surface area contributed by atoms with Gasteiger partial charge in [-0.1, -0.05) is 18.2 Å². The average Bonchev–Trinajstić information content (AvgIpc) is 2.42. The lowest BCUT2D eigenvalue weighted by atomic mass is 9.76. The van der Waals surface area contributed by atoms with Gasteiger partial charge in [0, 0.05) is 7.11 Å². The molecule has 19 heavy (non-hydrogen) atoms. The van der Waals surface area contributed by atoms with E-state index in [-0.39, 0.29) is 11.0 Å². The van der Waals surface area contributed by atoms with Crippen molar-refractivity contribution in [1.82, 2.24) is 0 Å². The van der Waals surface area contributed by atoms with Gasteiger partial charge in [0.15, 0.2) is 0 Å². The highest BCUT2D eigenvalue weighted by molar-refractivity contribution is 6.20. The molecule has 1 aromatic rings. The Kier molecular flexibility index (Phi) is 3.86. The summed E-state index contributed by atoms with van der Waals surface area (Å²) in [5.41, 5.74) is 4.39. The summed E-state index contributed by atoms with van der Waals surface area (Å²) >= 11 is 6.64. The van der Waals surface area contributed by atoms with Crippen molar-refractivity contribution in [3.05, 3.63) is 34.9 Å². The van der Waals surface area contributed by atoms with Gasteiger partial charge in [-0.2, -0.15) is 0 Å². The second-order valence-corrected chi connectivity index (χ2v) is 6.67. The molecule has 0 spiro atoms. The lowest BCUT2D eigenvalue weighted by Gasteiger charge is -2.42. The van der Waals surface area contributed by atoms with Crippen molar-refractivity contribution in [2.45, 2.75) is 62.3 Å². The molecule has 1 aromatic carbocycles. The minimum atomic E-state index is 0.0579. The highest BCUT2D eigenvalue weighted by atomic mass is 35.5. The number of hydrogen-bond donors (Lipinski definition) is 0. The zero-order valence-electron chi connectivity index (χ0n) is 11.8. The van der Waals surface area contributed by atoms with Crippen LogP contribution >= 0.6 is 11.6 Å². The summed E-state index contributed by atoms with van der Waals surface area (Å²) in [6.07, 6.45) is 9.68. The normalized spacial score (nSPS) is 22.4. The molecule has 1 saturated carbocycles. The van der Waals surface area contributed by atoms with E-state index >= 15 is 0 Å². The Morgan fingerprint density at radius 3 is 2.53 bits per heavy atom. The second-order valence-electron chi connectivity index (χ2n) is 6.15. The number of halogens is 1. The Bertz CT molecular complexity index is 445. The van der Waals surface area contributed by atoms with Gasteiger partial charge in [0.05, 0.1) is 11.0 Å². The highest BCUT2D eigenvalue weighted by Gasteiger charge is 2.39. The molecule has 2 heteroatoms. The van der Waals surface area contributed by atoms with Crippen LogP contribution < -0.4 is 0 Å². The predicted molar refractivity (Wildman–Crippen MR) is 79.9 cm³/mol. The van der Waals surface area contributed by atoms with Gasteiger partial charge >= 0.3 is 0 Å². The van der Waals surface area contributed by atoms with Crippen LogP contribution in [0.4, 0.5) is 0 Å². The van der Waals surface area contributed by atoms with Crippen LogP contribution in [0, 0.1) is 0 Å². The molecule has 1 fully saturated rings. The molecule has 3 rings (SSSR count). The summed E-state index contributed by atoms with van der Waals surface area (Å²) < 4.78 is 5.69. The molecular formula is C17H23ClO. The van der Waals surface area contributed by atoms with Crippen LogP contribution in [0.1, 0.15) is 60.6 Å². The van der Waals surface area contributed by atoms with Crippen molar-refractivity contribution in [2.75, 3.05) is 7.11 Å². The van der Waals surface area contributed by atoms with Gasteiger partial charge in [0.25, 0.3) is 0 Å². The number of rotatable bonds is 4. The van der Waals surface area contributed by atoms with Crippen LogP contribution in [0.2, 0.25) is 0 Å². The van der Waals surface area contributed by atoms with E-state index in [2.05, 4.69) is 18.2 Å². The number of fused-ring (bicyclic) bond motifs is 1. The van der Waals surface area contributed by atoms with Crippen LogP contribution in [0.25, 0.3) is 0 Å². The lowest BCUT2D eigenvalue weighted by Crippen LogP contribution is -2.39. The Morgan fingerprint density at radius 1 is 1.16 bits per heavy atom. The molecule has 0 radical (unpaired) electrons. The van der Waals surface area contributed by atoms with Crippen LogP contribution in [-0.4, -0.2) is 12.7 Å². The average molecular weight is 279 g/mol. The summed E-state index contributed by atoms with van der Waals surface area (Å²) in [5, 5.41) is 0.0903. The summed E-state index contributed by atoms with van der Waals surface area (Å²) in [7, 11) is 1.83. The van der Waals surface area contributed by atoms with Gasteiger partial charge in [0.2, 0.25) is 0 Å². The van der Waals surface area contributed by atoms with Gasteiger partial charge < -0.3 is 4.74 Å². The van der Waals surface area contributed by atoms with Gasteiger partial charge in [-0.25, -0.2) is 0 Å². The number of alkyl halides is 1. The first-order valence-corrected chi connectivity index (χ1v) is 7.97. The fourth-order valence-corrected chi connectivity index (χ4v) is 3.87. The van der Waals surface area contributed by atoms with E-state index in [9.17, 15) is 0 Å². The summed E-state index contributed by atoms with van der Waals surface area (Å²) in [6, 6.07) is 6.86. The first-order chi connectivity index (χ1) is 9.22. The lowest BCUT2D eigenvalue weighted by molar-refractivity contribution is -0.0780. The molecule has 0 aromatic heterocycles. The molecule has 0 amide bonds. The van der Waals surface area contributed by atoms with E-state index in [4.69, 9.17) is 16.3 Å². The van der Waals surface area contributed by atoms with Crippen molar-refractivity contribution in [3.8, 4) is 0 Å². The predicted octanol–water partition coefficient (Wildman–Crippen LogP) is 4.80. The Morgan fingerprint density at radius 2 is 1.89 bits per heavy atom. The number of methoxy groups -OCH3 is 1. The zero-order chi connectivity index (χ0) is 13.3. The Balaban J connectivity index is 1.74. The standard InChI is InChI=1S/C17H23ClO/c1-19-17(9-4-10-17)12-16(18)15-8-7-13-5-2-3-6-14(13)11-15/h7-8,11,16H,2-6,9-10,12H2,1H3. The highest BCUT2D eigenvalue weighted by Crippen LogP contribution is 2.44. The summed E-state index contributed by atoms with van der Waals surface area (Å²) in [6.45, 7) is 0. The molecule has 2 aliphatic rings. The van der Waals surface area contributed by atoms with Gasteiger partial charge in [0.1, 0.15) is 0 Å². The minimum absolute atomic E-state index is 0.0579. The quantitative estimate of drug-likeness (QED) is 0.719. The second kappa shape index (κ2) is 5.46. The van der Waals surface area contributed by atoms with Crippen LogP contribution in [0.5, 0.6) is 0 Å². The van der Waals surface area contributed by atoms with E-state index in [1.54, 1.807) is 0 Å². The maximum Gasteiger partial charge on any atom is 0.0696 e. The molecule has 1 nitrogen and oxygen atoms in total. The SMILES string of the molecule is COC1(CC(Cl)c2ccc3c(c2)CCCC3)CCC1. The maximum atomic E-state index is 6.64. The van der Waals surface area contributed by atoms with E-state index in [0.717, 1.165) is 19.3 Å². The maximum absolute atomic E-state index is 6.64. The number of ether oxygens (including phenoxy) is 1. The topological polar surface area (TPSA) is 9.23 Å². The molecular weight excluding hydrogens is 256 g/mol. The van der Waals surface area contributed by atoms with E-state index < -0.39 is 0 Å². The van der Waals surface area contributed by atoms with E-state index in [1.165, 1.54) is 48.8 Å². The molecule has 0 bridgehead atoms. The van der Waals surface area contributed by atoms with Crippen molar-refractivity contribution in [2.24, 2.45) is 0 Å². The third-order valence-corrected chi connectivity index (χ3v) is 5.39. The smallest absolute Gasteiger partial charge is 0.0696 e. The first-order valence-electron chi connectivity index (χ1n) is 7.53. The van der Waals surface area contributed by atoms with Crippen molar-refractivity contribution < 1.29 is 4.74 Å². The molecule has 0 N–H and O–H groups in total. The van der Waals surface area contributed by atoms with Gasteiger partial charge in [-0.3, -0.25) is 0 Å². The molecule has 1 atom stereocenters. The summed E-state index contributed by atoms with van der Waals surface area (Å²) in [5.74, 6) is 0. The zero-order valence-corrected chi connectivity index (χ0v) is 12.5. The van der Waals surface area contributed by atoms with E-state index in [1.807, 2.05) is 7.11 Å². The molecule has 1 unspecified atom stereocenters. The van der Waals surface area contributed by atoms with Gasteiger partial charge in [-0.15, -0.1) is 11.6 Å². The van der Waals surface area contributed by atoms with Crippen LogP contribution in [-0.2, 0) is 17.6 Å². The number of benzene rings is 1. The monoisotopic (exact) mass is 278 g/mol. The van der Waals surface area contributed by atoms with E-state index in [0.29, 0.717) is 0 Å². The van der Waals surface area contributed by atoms with Crippen molar-refractivity contribution in [3.63, 3.8) is 0 Å². The van der Waals surface area contributed by atoms with Crippen LogP contribution in [0.3, 0.4) is 0 Å². The van der Waals surface area contributed by atoms with Crippen LogP contribution in [0.15, 0.2) is 18.2 Å². The molecule has 104 valence electrons. The Hall–Kier alpha value is -0.530. The molecule has 0 aliphatic heterocycles. The van der Waals surface area contributed by atoms with Gasteiger partial charge in [-0.05, 0) is 68.1 Å². The largest absolute Gasteiger partial charge is 0.378 e. The number of aryl methyl sites for hydroxylation is 2. The number of hydrogen-bond acceptors (Lipinski definition) is 1. The first kappa shape index (κ1) is 13.5. The summed E-state index contributed by atoms with van der Waals surface area (Å²) in [4.78, 5) is 0. The molecule has 2 aliphatic carbocycles.